The molecule has 1 aromatic heterocycles. The molecule has 2 heterocycles. The van der Waals surface area contributed by atoms with E-state index in [9.17, 15) is 0 Å². The number of likely N-dealkylation sites (tertiary alicyclic amines) is 1. The third-order valence-corrected chi connectivity index (χ3v) is 5.64. The van der Waals surface area contributed by atoms with Gasteiger partial charge in [0.15, 0.2) is 0 Å². The Morgan fingerprint density at radius 2 is 1.73 bits per heavy atom. The highest BCUT2D eigenvalue weighted by molar-refractivity contribution is 5.33. The second-order valence-corrected chi connectivity index (χ2v) is 7.86. The fourth-order valence-electron chi connectivity index (χ4n) is 3.83. The van der Waals surface area contributed by atoms with Gasteiger partial charge >= 0.3 is 0 Å². The highest BCUT2D eigenvalue weighted by Crippen LogP contribution is 2.46. The number of carbonyl (C=O) groups is 2. The molecule has 1 aliphatic carbocycles. The van der Waals surface area contributed by atoms with Crippen LogP contribution in [-0.4, -0.2) is 63.3 Å². The number of hydrogen-bond donors (Lipinski definition) is 3. The van der Waals surface area contributed by atoms with Gasteiger partial charge in [-0.05, 0) is 44.3 Å². The Bertz CT molecular complexity index is 706. The molecular formula is C22H32N4O4. The van der Waals surface area contributed by atoms with Crippen LogP contribution in [0.4, 0.5) is 0 Å². The van der Waals surface area contributed by atoms with E-state index >= 15 is 0 Å². The van der Waals surface area contributed by atoms with Crippen LogP contribution in [0.15, 0.2) is 49.1 Å². The van der Waals surface area contributed by atoms with Gasteiger partial charge in [-0.3, -0.25) is 14.5 Å². The number of nitrogens with one attached hydrogen (secondary N) is 1. The molecule has 2 aromatic rings. The van der Waals surface area contributed by atoms with E-state index < -0.39 is 0 Å². The Morgan fingerprint density at radius 3 is 2.27 bits per heavy atom. The molecule has 164 valence electrons. The first-order chi connectivity index (χ1) is 14.6. The van der Waals surface area contributed by atoms with Crippen LogP contribution in [0, 0.1) is 5.41 Å². The van der Waals surface area contributed by atoms with Crippen LogP contribution in [0.3, 0.4) is 0 Å². The molecule has 4 rings (SSSR count). The summed E-state index contributed by atoms with van der Waals surface area (Å²) in [5, 5.41) is 17.6. The summed E-state index contributed by atoms with van der Waals surface area (Å²) in [6.07, 6.45) is 11.2. The van der Waals surface area contributed by atoms with Gasteiger partial charge in [-0.2, -0.15) is 0 Å². The third-order valence-electron chi connectivity index (χ3n) is 5.64. The molecule has 0 unspecified atom stereocenters. The number of benzene rings is 1. The van der Waals surface area contributed by atoms with Crippen molar-refractivity contribution in [2.75, 3.05) is 19.6 Å². The fraction of sp³-hybridized carbons (Fsp3) is 0.500. The summed E-state index contributed by atoms with van der Waals surface area (Å²) in [5.74, 6) is 0. The summed E-state index contributed by atoms with van der Waals surface area (Å²) in [6.45, 7) is 5.29. The van der Waals surface area contributed by atoms with Crippen molar-refractivity contribution in [2.24, 2.45) is 5.41 Å². The van der Waals surface area contributed by atoms with Crippen molar-refractivity contribution in [3.63, 3.8) is 0 Å². The lowest BCUT2D eigenvalue weighted by molar-refractivity contribution is -0.123. The summed E-state index contributed by atoms with van der Waals surface area (Å²) in [6, 6.07) is 11.5. The number of aromatic nitrogens is 2. The average Bonchev–Trinajstić information content (AvgIpc) is 3.32. The Kier molecular flexibility index (Phi) is 10.0. The van der Waals surface area contributed by atoms with Gasteiger partial charge in [0, 0.05) is 43.5 Å². The first-order valence-electron chi connectivity index (χ1n) is 10.3. The Balaban J connectivity index is 0.000000480. The van der Waals surface area contributed by atoms with Crippen molar-refractivity contribution in [2.45, 2.75) is 44.8 Å². The van der Waals surface area contributed by atoms with Crippen molar-refractivity contribution in [3.8, 4) is 0 Å². The van der Waals surface area contributed by atoms with E-state index in [2.05, 4.69) is 56.3 Å². The predicted octanol–water partition coefficient (Wildman–Crippen LogP) is 2.32. The molecule has 0 bridgehead atoms. The standard InChI is InChI=1S/C20H28N4.2CH2O2/c1-2-4-18(5-3-1)14-23-11-6-19(7-12-23)22-15-20(8-9-20)16-24-13-10-21-17-24;2*2-1-3/h1-5,10,13,17,19,22H,6-9,11-12,14-16H2;2*1H,(H,2,3). The van der Waals surface area contributed by atoms with E-state index in [1.165, 1.54) is 44.3 Å². The molecule has 8 heteroatoms. The molecule has 0 atom stereocenters. The third kappa shape index (κ3) is 8.34. The van der Waals surface area contributed by atoms with Gasteiger partial charge in [0.2, 0.25) is 0 Å². The van der Waals surface area contributed by atoms with E-state index in [4.69, 9.17) is 19.8 Å². The normalized spacial score (nSPS) is 17.6. The SMILES string of the molecule is O=CO.O=CO.c1ccc(CN2CCC(NCC3(Cn4ccnc4)CC3)CC2)cc1. The molecule has 1 aromatic carbocycles. The number of carboxylic acid groups (broad SMARTS) is 2. The Hall–Kier alpha value is -2.71. The molecule has 0 spiro atoms. The van der Waals surface area contributed by atoms with Gasteiger partial charge < -0.3 is 20.1 Å². The predicted molar refractivity (Wildman–Crippen MR) is 114 cm³/mol. The zero-order chi connectivity index (χ0) is 21.7. The Morgan fingerprint density at radius 1 is 1.10 bits per heavy atom. The second-order valence-electron chi connectivity index (χ2n) is 7.86. The van der Waals surface area contributed by atoms with Crippen LogP contribution in [0.5, 0.6) is 0 Å². The monoisotopic (exact) mass is 416 g/mol. The van der Waals surface area contributed by atoms with E-state index in [-0.39, 0.29) is 12.9 Å². The van der Waals surface area contributed by atoms with Gasteiger partial charge in [0.05, 0.1) is 6.33 Å². The van der Waals surface area contributed by atoms with E-state index in [1.807, 2.05) is 12.5 Å². The lowest BCUT2D eigenvalue weighted by Crippen LogP contribution is -2.44. The highest BCUT2D eigenvalue weighted by Gasteiger charge is 2.42. The molecule has 3 N–H and O–H groups in total. The smallest absolute Gasteiger partial charge is 0.290 e. The quantitative estimate of drug-likeness (QED) is 0.595. The first-order valence-corrected chi connectivity index (χ1v) is 10.3. The number of nitrogens with zero attached hydrogens (tertiary/aromatic N) is 3. The minimum atomic E-state index is -0.250. The molecule has 1 saturated heterocycles. The zero-order valence-corrected chi connectivity index (χ0v) is 17.3. The molecular weight excluding hydrogens is 384 g/mol. The van der Waals surface area contributed by atoms with Crippen LogP contribution in [-0.2, 0) is 22.7 Å². The van der Waals surface area contributed by atoms with Crippen LogP contribution in [0.1, 0.15) is 31.2 Å². The van der Waals surface area contributed by atoms with E-state index in [1.54, 1.807) is 0 Å². The van der Waals surface area contributed by atoms with Crippen molar-refractivity contribution >= 4 is 12.9 Å². The van der Waals surface area contributed by atoms with Crippen LogP contribution >= 0.6 is 0 Å². The summed E-state index contributed by atoms with van der Waals surface area (Å²) in [4.78, 5) is 23.5. The molecule has 0 radical (unpaired) electrons. The van der Waals surface area contributed by atoms with Crippen molar-refractivity contribution in [1.82, 2.24) is 19.8 Å². The van der Waals surface area contributed by atoms with Gasteiger partial charge in [-0.25, -0.2) is 4.98 Å². The topological polar surface area (TPSA) is 108 Å². The maximum Gasteiger partial charge on any atom is 0.290 e. The minimum Gasteiger partial charge on any atom is -0.483 e. The van der Waals surface area contributed by atoms with Gasteiger partial charge in [0.1, 0.15) is 0 Å². The maximum atomic E-state index is 8.36. The summed E-state index contributed by atoms with van der Waals surface area (Å²) < 4.78 is 2.23. The summed E-state index contributed by atoms with van der Waals surface area (Å²) in [7, 11) is 0. The lowest BCUT2D eigenvalue weighted by atomic mass is 10.0. The van der Waals surface area contributed by atoms with Crippen LogP contribution < -0.4 is 5.32 Å². The van der Waals surface area contributed by atoms with Crippen molar-refractivity contribution < 1.29 is 19.8 Å². The average molecular weight is 417 g/mol. The van der Waals surface area contributed by atoms with Crippen LogP contribution in [0.25, 0.3) is 0 Å². The second kappa shape index (κ2) is 12.8. The summed E-state index contributed by atoms with van der Waals surface area (Å²) >= 11 is 0. The maximum absolute atomic E-state index is 8.36. The molecule has 2 fully saturated rings. The highest BCUT2D eigenvalue weighted by atomic mass is 16.3. The van der Waals surface area contributed by atoms with Crippen LogP contribution in [0.2, 0.25) is 0 Å². The minimum absolute atomic E-state index is 0.250. The number of hydrogen-bond acceptors (Lipinski definition) is 5. The van der Waals surface area contributed by atoms with Crippen molar-refractivity contribution in [1.29, 1.82) is 0 Å². The van der Waals surface area contributed by atoms with Gasteiger partial charge in [0.25, 0.3) is 12.9 Å². The number of piperidine rings is 1. The van der Waals surface area contributed by atoms with Crippen molar-refractivity contribution in [3.05, 3.63) is 54.6 Å². The molecule has 30 heavy (non-hydrogen) atoms. The number of rotatable bonds is 7. The molecule has 1 saturated carbocycles. The zero-order valence-electron chi connectivity index (χ0n) is 17.3. The van der Waals surface area contributed by atoms with E-state index in [0.717, 1.165) is 19.6 Å². The molecule has 0 amide bonds. The largest absolute Gasteiger partial charge is 0.483 e. The fourth-order valence-corrected chi connectivity index (χ4v) is 3.83. The van der Waals surface area contributed by atoms with Gasteiger partial charge in [-0.1, -0.05) is 30.3 Å². The lowest BCUT2D eigenvalue weighted by Gasteiger charge is -2.33. The summed E-state index contributed by atoms with van der Waals surface area (Å²) in [5.41, 5.74) is 1.92. The first kappa shape index (κ1) is 23.6. The van der Waals surface area contributed by atoms with Gasteiger partial charge in [-0.15, -0.1) is 0 Å². The molecule has 2 aliphatic rings. The molecule has 8 nitrogen and oxygen atoms in total. The number of imidazole rings is 1. The molecule has 1 aliphatic heterocycles. The van der Waals surface area contributed by atoms with E-state index in [0.29, 0.717) is 11.5 Å². The Labute approximate surface area is 177 Å².